The summed E-state index contributed by atoms with van der Waals surface area (Å²) in [6, 6.07) is 9.59. The van der Waals surface area contributed by atoms with E-state index in [1.807, 2.05) is 0 Å². The summed E-state index contributed by atoms with van der Waals surface area (Å²) in [7, 11) is 0. The first-order chi connectivity index (χ1) is 13.6. The maximum atomic E-state index is 2.53. The molecule has 0 atom stereocenters. The van der Waals surface area contributed by atoms with Crippen molar-refractivity contribution in [1.82, 2.24) is 0 Å². The summed E-state index contributed by atoms with van der Waals surface area (Å²) in [4.78, 5) is 0. The molecule has 2 aliphatic carbocycles. The third kappa shape index (κ3) is 3.68. The van der Waals surface area contributed by atoms with Crippen molar-refractivity contribution in [2.24, 2.45) is 0 Å². The molecule has 2 aliphatic rings. The van der Waals surface area contributed by atoms with E-state index >= 15 is 0 Å². The molecule has 2 aromatic carbocycles. The maximum absolute atomic E-state index is 2.53. The third-order valence-corrected chi connectivity index (χ3v) is 7.95. The van der Waals surface area contributed by atoms with Gasteiger partial charge in [-0.1, -0.05) is 62.8 Å². The summed E-state index contributed by atoms with van der Waals surface area (Å²) >= 11 is 0. The minimum atomic E-state index is 0.772. The molecule has 0 N–H and O–H groups in total. The summed E-state index contributed by atoms with van der Waals surface area (Å²) in [5, 5.41) is 0. The minimum Gasteiger partial charge on any atom is -0.0614 e. The molecule has 0 heterocycles. The molecule has 4 rings (SSSR count). The number of hydrogen-bond donors (Lipinski definition) is 0. The van der Waals surface area contributed by atoms with Crippen LogP contribution in [0.3, 0.4) is 0 Å². The molecular weight excluding hydrogens is 336 g/mol. The van der Waals surface area contributed by atoms with Crippen molar-refractivity contribution >= 4 is 0 Å². The molecular formula is C28H38. The largest absolute Gasteiger partial charge is 0.0614 e. The van der Waals surface area contributed by atoms with Crippen molar-refractivity contribution in [2.45, 2.75) is 104 Å². The Morgan fingerprint density at radius 1 is 0.607 bits per heavy atom. The summed E-state index contributed by atoms with van der Waals surface area (Å²) < 4.78 is 0. The third-order valence-electron chi connectivity index (χ3n) is 7.95. The molecule has 0 aromatic heterocycles. The van der Waals surface area contributed by atoms with Gasteiger partial charge in [-0.15, -0.1) is 0 Å². The second-order valence-corrected chi connectivity index (χ2v) is 9.58. The first-order valence-electron chi connectivity index (χ1n) is 11.8. The van der Waals surface area contributed by atoms with Gasteiger partial charge in [0, 0.05) is 0 Å². The van der Waals surface area contributed by atoms with Crippen LogP contribution >= 0.6 is 0 Å². The number of rotatable bonds is 3. The predicted octanol–water partition coefficient (Wildman–Crippen LogP) is 8.68. The first-order valence-corrected chi connectivity index (χ1v) is 11.8. The Hall–Kier alpha value is -1.56. The molecule has 2 saturated carbocycles. The van der Waals surface area contributed by atoms with Crippen LogP contribution in [0.15, 0.2) is 24.3 Å². The predicted molar refractivity (Wildman–Crippen MR) is 122 cm³/mol. The van der Waals surface area contributed by atoms with Gasteiger partial charge in [0.25, 0.3) is 0 Å². The van der Waals surface area contributed by atoms with Crippen LogP contribution in [0.25, 0.3) is 11.1 Å². The van der Waals surface area contributed by atoms with Crippen molar-refractivity contribution in [3.63, 3.8) is 0 Å². The van der Waals surface area contributed by atoms with Crippen molar-refractivity contribution in [3.8, 4) is 11.1 Å². The van der Waals surface area contributed by atoms with Gasteiger partial charge in [-0.3, -0.25) is 0 Å². The van der Waals surface area contributed by atoms with Gasteiger partial charge < -0.3 is 0 Å². The zero-order chi connectivity index (χ0) is 19.7. The van der Waals surface area contributed by atoms with Crippen molar-refractivity contribution in [1.29, 1.82) is 0 Å². The topological polar surface area (TPSA) is 0 Å². The monoisotopic (exact) mass is 374 g/mol. The van der Waals surface area contributed by atoms with Gasteiger partial charge in [0.15, 0.2) is 0 Å². The Morgan fingerprint density at radius 2 is 1.21 bits per heavy atom. The second-order valence-electron chi connectivity index (χ2n) is 9.58. The molecule has 0 heteroatoms. The van der Waals surface area contributed by atoms with E-state index in [9.17, 15) is 0 Å². The van der Waals surface area contributed by atoms with Gasteiger partial charge in [0.05, 0.1) is 0 Å². The SMILES string of the molecule is Cc1c(C)c(-c2cccc(C3CCCCC3)c2)c(C)c(C2CCCCC2)c1C. The summed E-state index contributed by atoms with van der Waals surface area (Å²) in [6.07, 6.45) is 14.0. The van der Waals surface area contributed by atoms with Gasteiger partial charge in [0.1, 0.15) is 0 Å². The smallest absolute Gasteiger partial charge is 0.0120 e. The molecule has 2 aromatic rings. The lowest BCUT2D eigenvalue weighted by molar-refractivity contribution is 0.441. The van der Waals surface area contributed by atoms with Crippen molar-refractivity contribution in [3.05, 3.63) is 57.6 Å². The maximum Gasteiger partial charge on any atom is -0.0120 e. The van der Waals surface area contributed by atoms with Gasteiger partial charge in [-0.05, 0) is 110 Å². The highest BCUT2D eigenvalue weighted by atomic mass is 14.3. The molecule has 0 nitrogen and oxygen atoms in total. The van der Waals surface area contributed by atoms with Gasteiger partial charge in [0.2, 0.25) is 0 Å². The lowest BCUT2D eigenvalue weighted by atomic mass is 9.75. The molecule has 0 radical (unpaired) electrons. The average molecular weight is 375 g/mol. The summed E-state index contributed by atoms with van der Waals surface area (Å²) in [5.74, 6) is 1.55. The van der Waals surface area contributed by atoms with E-state index in [1.54, 1.807) is 22.3 Å². The van der Waals surface area contributed by atoms with E-state index in [0.717, 1.165) is 11.8 Å². The average Bonchev–Trinajstić information content (AvgIpc) is 2.74. The van der Waals surface area contributed by atoms with Crippen molar-refractivity contribution < 1.29 is 0 Å². The van der Waals surface area contributed by atoms with Crippen LogP contribution in [0.2, 0.25) is 0 Å². The second kappa shape index (κ2) is 8.44. The van der Waals surface area contributed by atoms with Crippen LogP contribution in [0.5, 0.6) is 0 Å². The van der Waals surface area contributed by atoms with Crippen LogP contribution in [-0.2, 0) is 0 Å². The Morgan fingerprint density at radius 3 is 1.86 bits per heavy atom. The fourth-order valence-electron chi connectivity index (χ4n) is 6.19. The summed E-state index contributed by atoms with van der Waals surface area (Å²) in [5.41, 5.74) is 12.4. The Kier molecular flexibility index (Phi) is 5.95. The lowest BCUT2D eigenvalue weighted by Crippen LogP contribution is -2.11. The summed E-state index contributed by atoms with van der Waals surface area (Å²) in [6.45, 7) is 9.49. The lowest BCUT2D eigenvalue weighted by Gasteiger charge is -2.29. The Balaban J connectivity index is 1.80. The minimum absolute atomic E-state index is 0.772. The number of hydrogen-bond acceptors (Lipinski definition) is 0. The van der Waals surface area contributed by atoms with Gasteiger partial charge in [-0.2, -0.15) is 0 Å². The van der Waals surface area contributed by atoms with Gasteiger partial charge in [-0.25, -0.2) is 0 Å². The van der Waals surface area contributed by atoms with Crippen LogP contribution in [-0.4, -0.2) is 0 Å². The zero-order valence-corrected chi connectivity index (χ0v) is 18.5. The molecule has 0 bridgehead atoms. The van der Waals surface area contributed by atoms with E-state index in [-0.39, 0.29) is 0 Å². The Bertz CT molecular complexity index is 830. The van der Waals surface area contributed by atoms with Crippen LogP contribution in [0.1, 0.15) is 109 Å². The normalized spacial score (nSPS) is 19.1. The number of benzene rings is 2. The van der Waals surface area contributed by atoms with E-state index in [2.05, 4.69) is 52.0 Å². The first kappa shape index (κ1) is 19.7. The quantitative estimate of drug-likeness (QED) is 0.504. The molecule has 0 aliphatic heterocycles. The molecule has 0 saturated heterocycles. The molecule has 28 heavy (non-hydrogen) atoms. The van der Waals surface area contributed by atoms with E-state index in [4.69, 9.17) is 0 Å². The van der Waals surface area contributed by atoms with Crippen LogP contribution in [0.4, 0.5) is 0 Å². The fraction of sp³-hybridized carbons (Fsp3) is 0.571. The van der Waals surface area contributed by atoms with Crippen LogP contribution in [0, 0.1) is 27.7 Å². The molecule has 2 fully saturated rings. The van der Waals surface area contributed by atoms with E-state index in [1.165, 1.54) is 86.5 Å². The van der Waals surface area contributed by atoms with Crippen molar-refractivity contribution in [2.75, 3.05) is 0 Å². The highest BCUT2D eigenvalue weighted by Gasteiger charge is 2.24. The van der Waals surface area contributed by atoms with E-state index in [0.29, 0.717) is 0 Å². The zero-order valence-electron chi connectivity index (χ0n) is 18.5. The highest BCUT2D eigenvalue weighted by Crippen LogP contribution is 2.43. The van der Waals surface area contributed by atoms with Gasteiger partial charge >= 0.3 is 0 Å². The van der Waals surface area contributed by atoms with Crippen LogP contribution < -0.4 is 0 Å². The highest BCUT2D eigenvalue weighted by molar-refractivity contribution is 5.75. The molecule has 0 spiro atoms. The fourth-order valence-corrected chi connectivity index (χ4v) is 6.19. The standard InChI is InChI=1S/C28H38/c1-19-20(2)27(24-14-9-6-10-15-24)22(4)28(21(19)3)26-17-11-16-25(18-26)23-12-7-5-8-13-23/h11,16-18,23-24H,5-10,12-15H2,1-4H3. The Labute approximate surface area is 172 Å². The molecule has 0 amide bonds. The van der Waals surface area contributed by atoms with E-state index < -0.39 is 0 Å². The molecule has 0 unspecified atom stereocenters. The molecule has 150 valence electrons.